The molecule has 1 rings (SSSR count). The first-order valence-corrected chi connectivity index (χ1v) is 3.95. The molecule has 0 unspecified atom stereocenters. The summed E-state index contributed by atoms with van der Waals surface area (Å²) >= 11 is 1.15. The summed E-state index contributed by atoms with van der Waals surface area (Å²) in [6.07, 6.45) is -0.841. The summed E-state index contributed by atoms with van der Waals surface area (Å²) in [5, 5.41) is 9.47. The molecule has 0 atom stereocenters. The average molecular weight is 193 g/mol. The smallest absolute Gasteiger partial charge is 0.374 e. The number of halogens is 2. The second kappa shape index (κ2) is 3.14. The molecular weight excluding hydrogens is 188 g/mol. The van der Waals surface area contributed by atoms with Crippen LogP contribution < -0.4 is 0 Å². The van der Waals surface area contributed by atoms with Gasteiger partial charge in [0.2, 0.25) is 0 Å². The van der Waals surface area contributed by atoms with E-state index in [4.69, 9.17) is 5.11 Å². The van der Waals surface area contributed by atoms with Crippen LogP contribution in [0.25, 0.3) is 0 Å². The molecular formula is C6H5F2NO2S. The van der Waals surface area contributed by atoms with Gasteiger partial charge in [-0.25, -0.2) is 9.78 Å². The van der Waals surface area contributed by atoms with Crippen molar-refractivity contribution in [1.29, 1.82) is 0 Å². The fourth-order valence-electron chi connectivity index (χ4n) is 0.628. The number of hydrogen-bond acceptors (Lipinski definition) is 3. The minimum Gasteiger partial charge on any atom is -0.477 e. The number of thiazole rings is 1. The third-order valence-corrected chi connectivity index (χ3v) is 1.83. The van der Waals surface area contributed by atoms with Crippen molar-refractivity contribution in [3.8, 4) is 0 Å². The highest BCUT2D eigenvalue weighted by molar-refractivity contribution is 7.07. The third-order valence-electron chi connectivity index (χ3n) is 1.20. The van der Waals surface area contributed by atoms with E-state index in [1.54, 1.807) is 0 Å². The van der Waals surface area contributed by atoms with Gasteiger partial charge in [0.15, 0.2) is 0 Å². The fraction of sp³-hybridized carbons (Fsp3) is 0.333. The van der Waals surface area contributed by atoms with Gasteiger partial charge in [-0.05, 0) is 0 Å². The number of hydrogen-bond donors (Lipinski definition) is 1. The van der Waals surface area contributed by atoms with Crippen LogP contribution in [-0.4, -0.2) is 22.0 Å². The number of alkyl halides is 2. The maximum atomic E-state index is 12.5. The molecule has 0 fully saturated rings. The van der Waals surface area contributed by atoms with E-state index in [2.05, 4.69) is 4.98 Å². The number of nitrogens with zero attached hydrogens (tertiary/aromatic N) is 1. The molecule has 0 spiro atoms. The van der Waals surface area contributed by atoms with Crippen molar-refractivity contribution in [2.24, 2.45) is 0 Å². The molecule has 1 aromatic heterocycles. The molecule has 1 heterocycles. The number of carbonyl (C=O) groups is 1. The first-order chi connectivity index (χ1) is 5.52. The number of aromatic nitrogens is 1. The zero-order valence-electron chi connectivity index (χ0n) is 5.83. The lowest BCUT2D eigenvalue weighted by molar-refractivity contribution is -0.164. The first-order valence-electron chi connectivity index (χ1n) is 3.00. The molecule has 66 valence electrons. The lowest BCUT2D eigenvalue weighted by Crippen LogP contribution is -2.30. The molecule has 0 aliphatic heterocycles. The van der Waals surface area contributed by atoms with E-state index in [1.165, 1.54) is 10.9 Å². The zero-order valence-corrected chi connectivity index (χ0v) is 6.65. The predicted molar refractivity (Wildman–Crippen MR) is 38.4 cm³/mol. The summed E-state index contributed by atoms with van der Waals surface area (Å²) in [6.45, 7) is 0. The van der Waals surface area contributed by atoms with Crippen LogP contribution >= 0.6 is 11.3 Å². The molecule has 0 aliphatic carbocycles. The Bertz CT molecular complexity index is 273. The largest absolute Gasteiger partial charge is 0.477 e. The summed E-state index contributed by atoms with van der Waals surface area (Å²) in [5.74, 6) is -5.83. The topological polar surface area (TPSA) is 50.2 Å². The van der Waals surface area contributed by atoms with Gasteiger partial charge >= 0.3 is 11.9 Å². The van der Waals surface area contributed by atoms with Gasteiger partial charge in [0, 0.05) is 5.38 Å². The van der Waals surface area contributed by atoms with Crippen molar-refractivity contribution in [2.45, 2.75) is 12.3 Å². The van der Waals surface area contributed by atoms with Crippen LogP contribution in [0, 0.1) is 0 Å². The number of rotatable bonds is 3. The van der Waals surface area contributed by atoms with Crippen molar-refractivity contribution in [1.82, 2.24) is 4.98 Å². The van der Waals surface area contributed by atoms with Crippen LogP contribution in [0.2, 0.25) is 0 Å². The first kappa shape index (κ1) is 9.05. The second-order valence-corrected chi connectivity index (χ2v) is 2.88. The molecule has 1 N–H and O–H groups in total. The number of aliphatic carboxylic acids is 1. The molecule has 0 amide bonds. The standard InChI is InChI=1S/C6H5F2NO2S/c7-6(8,5(10)11)1-4-2-12-3-9-4/h2-3H,1H2,(H,10,11). The zero-order chi connectivity index (χ0) is 9.19. The summed E-state index contributed by atoms with van der Waals surface area (Å²) < 4.78 is 24.9. The highest BCUT2D eigenvalue weighted by Gasteiger charge is 2.39. The minimum atomic E-state index is -3.71. The van der Waals surface area contributed by atoms with Gasteiger partial charge in [0.1, 0.15) is 0 Å². The molecule has 3 nitrogen and oxygen atoms in total. The van der Waals surface area contributed by atoms with Crippen LogP contribution in [0.15, 0.2) is 10.9 Å². The maximum absolute atomic E-state index is 12.5. The highest BCUT2D eigenvalue weighted by Crippen LogP contribution is 2.19. The van der Waals surface area contributed by atoms with Crippen LogP contribution in [0.1, 0.15) is 5.69 Å². The van der Waals surface area contributed by atoms with Crippen molar-refractivity contribution < 1.29 is 18.7 Å². The Balaban J connectivity index is 2.69. The summed E-state index contributed by atoms with van der Waals surface area (Å²) in [6, 6.07) is 0. The van der Waals surface area contributed by atoms with E-state index >= 15 is 0 Å². The van der Waals surface area contributed by atoms with E-state index in [9.17, 15) is 13.6 Å². The van der Waals surface area contributed by atoms with Crippen molar-refractivity contribution in [2.75, 3.05) is 0 Å². The number of carboxylic acid groups (broad SMARTS) is 1. The monoisotopic (exact) mass is 193 g/mol. The molecule has 0 radical (unpaired) electrons. The quantitative estimate of drug-likeness (QED) is 0.789. The van der Waals surface area contributed by atoms with Gasteiger partial charge in [-0.15, -0.1) is 11.3 Å². The van der Waals surface area contributed by atoms with E-state index in [0.29, 0.717) is 0 Å². The molecule has 0 aliphatic rings. The molecule has 0 saturated carbocycles. The molecule has 0 bridgehead atoms. The Morgan fingerprint density at radius 3 is 2.83 bits per heavy atom. The van der Waals surface area contributed by atoms with Gasteiger partial charge in [-0.2, -0.15) is 8.78 Å². The maximum Gasteiger partial charge on any atom is 0.374 e. The van der Waals surface area contributed by atoms with Crippen LogP contribution in [0.5, 0.6) is 0 Å². The van der Waals surface area contributed by atoms with Crippen LogP contribution in [-0.2, 0) is 11.2 Å². The fourth-order valence-corrected chi connectivity index (χ4v) is 1.19. The second-order valence-electron chi connectivity index (χ2n) is 2.17. The van der Waals surface area contributed by atoms with Crippen molar-refractivity contribution in [3.63, 3.8) is 0 Å². The van der Waals surface area contributed by atoms with E-state index in [1.807, 2.05) is 0 Å². The van der Waals surface area contributed by atoms with Gasteiger partial charge in [-0.3, -0.25) is 0 Å². The van der Waals surface area contributed by atoms with Gasteiger partial charge in [-0.1, -0.05) is 0 Å². The van der Waals surface area contributed by atoms with Gasteiger partial charge < -0.3 is 5.11 Å². The molecule has 0 saturated heterocycles. The molecule has 6 heteroatoms. The SMILES string of the molecule is O=C(O)C(F)(F)Cc1cscn1. The lowest BCUT2D eigenvalue weighted by Gasteiger charge is -2.07. The van der Waals surface area contributed by atoms with E-state index in [-0.39, 0.29) is 5.69 Å². The average Bonchev–Trinajstić information content (AvgIpc) is 2.38. The predicted octanol–water partition coefficient (Wildman–Crippen LogP) is 1.41. The highest BCUT2D eigenvalue weighted by atomic mass is 32.1. The summed E-state index contributed by atoms with van der Waals surface area (Å²) in [5.41, 5.74) is 1.49. The minimum absolute atomic E-state index is 0.104. The third kappa shape index (κ3) is 1.97. The van der Waals surface area contributed by atoms with Crippen molar-refractivity contribution >= 4 is 17.3 Å². The Labute approximate surface area is 70.7 Å². The van der Waals surface area contributed by atoms with E-state index < -0.39 is 18.3 Å². The Morgan fingerprint density at radius 2 is 2.42 bits per heavy atom. The summed E-state index contributed by atoms with van der Waals surface area (Å²) in [4.78, 5) is 13.5. The molecule has 12 heavy (non-hydrogen) atoms. The normalized spacial score (nSPS) is 11.5. The lowest BCUT2D eigenvalue weighted by atomic mass is 10.2. The number of carboxylic acids is 1. The summed E-state index contributed by atoms with van der Waals surface area (Å²) in [7, 11) is 0. The van der Waals surface area contributed by atoms with Crippen LogP contribution in [0.4, 0.5) is 8.78 Å². The molecule has 1 aromatic rings. The molecule has 0 aromatic carbocycles. The van der Waals surface area contributed by atoms with E-state index in [0.717, 1.165) is 11.3 Å². The Hall–Kier alpha value is -1.04. The van der Waals surface area contributed by atoms with Gasteiger partial charge in [0.05, 0.1) is 17.6 Å². The Morgan fingerprint density at radius 1 is 1.75 bits per heavy atom. The van der Waals surface area contributed by atoms with Crippen molar-refractivity contribution in [3.05, 3.63) is 16.6 Å². The van der Waals surface area contributed by atoms with Crippen LogP contribution in [0.3, 0.4) is 0 Å². The Kier molecular flexibility index (Phi) is 2.37. The van der Waals surface area contributed by atoms with Gasteiger partial charge in [0.25, 0.3) is 0 Å².